The Morgan fingerprint density at radius 1 is 1.22 bits per heavy atom. The molecule has 1 aliphatic carbocycles. The van der Waals surface area contributed by atoms with Crippen LogP contribution in [0.1, 0.15) is 39.0 Å². The molecule has 1 amide bonds. The van der Waals surface area contributed by atoms with Gasteiger partial charge in [-0.1, -0.05) is 26.2 Å². The fraction of sp³-hybridized carbons (Fsp3) is 0.929. The normalized spacial score (nSPS) is 24.7. The predicted octanol–water partition coefficient (Wildman–Crippen LogP) is 0.978. The Balaban J connectivity index is 1.67. The van der Waals surface area contributed by atoms with Crippen LogP contribution in [0.4, 0.5) is 0 Å². The molecule has 0 bridgehead atoms. The molecular formula is C14H27N3O. The Kier molecular flexibility index (Phi) is 5.01. The van der Waals surface area contributed by atoms with Crippen LogP contribution in [-0.4, -0.2) is 50.1 Å². The number of amides is 1. The van der Waals surface area contributed by atoms with Gasteiger partial charge in [0.15, 0.2) is 0 Å². The first-order chi connectivity index (χ1) is 8.68. The van der Waals surface area contributed by atoms with E-state index in [2.05, 4.69) is 22.5 Å². The van der Waals surface area contributed by atoms with Crippen molar-refractivity contribution in [2.75, 3.05) is 39.3 Å². The van der Waals surface area contributed by atoms with Crippen molar-refractivity contribution >= 4 is 5.91 Å². The van der Waals surface area contributed by atoms with Gasteiger partial charge in [-0.2, -0.15) is 0 Å². The lowest BCUT2D eigenvalue weighted by Gasteiger charge is -2.34. The molecular weight excluding hydrogens is 226 g/mol. The van der Waals surface area contributed by atoms with Gasteiger partial charge in [0, 0.05) is 32.7 Å². The standard InChI is InChI=1S/C14H27N3O/c1-14(5-3-2-4-6-14)12-16-13(18)11-17-9-7-15-8-10-17/h15H,2-12H2,1H3,(H,16,18). The average molecular weight is 253 g/mol. The fourth-order valence-corrected chi connectivity index (χ4v) is 3.02. The molecule has 2 rings (SSSR count). The number of hydrogen-bond donors (Lipinski definition) is 2. The third kappa shape index (κ3) is 4.25. The maximum atomic E-state index is 11.9. The van der Waals surface area contributed by atoms with Gasteiger partial charge in [0.1, 0.15) is 0 Å². The van der Waals surface area contributed by atoms with Crippen molar-refractivity contribution in [1.29, 1.82) is 0 Å². The lowest BCUT2D eigenvalue weighted by Crippen LogP contribution is -2.48. The molecule has 1 aliphatic heterocycles. The van der Waals surface area contributed by atoms with Crippen molar-refractivity contribution in [1.82, 2.24) is 15.5 Å². The molecule has 0 aromatic rings. The smallest absolute Gasteiger partial charge is 0.234 e. The van der Waals surface area contributed by atoms with Crippen LogP contribution >= 0.6 is 0 Å². The second-order valence-corrected chi connectivity index (χ2v) is 6.17. The van der Waals surface area contributed by atoms with E-state index >= 15 is 0 Å². The highest BCUT2D eigenvalue weighted by Crippen LogP contribution is 2.34. The van der Waals surface area contributed by atoms with Crippen molar-refractivity contribution in [3.63, 3.8) is 0 Å². The van der Waals surface area contributed by atoms with E-state index in [9.17, 15) is 4.79 Å². The molecule has 0 spiro atoms. The summed E-state index contributed by atoms with van der Waals surface area (Å²) in [5, 5.41) is 6.44. The summed E-state index contributed by atoms with van der Waals surface area (Å²) in [4.78, 5) is 14.2. The van der Waals surface area contributed by atoms with Gasteiger partial charge in [-0.05, 0) is 18.3 Å². The highest BCUT2D eigenvalue weighted by atomic mass is 16.2. The summed E-state index contributed by atoms with van der Waals surface area (Å²) in [6.45, 7) is 7.73. The van der Waals surface area contributed by atoms with Gasteiger partial charge in [-0.3, -0.25) is 9.69 Å². The molecule has 2 fully saturated rings. The molecule has 1 heterocycles. The monoisotopic (exact) mass is 253 g/mol. The van der Waals surface area contributed by atoms with Crippen molar-refractivity contribution in [2.45, 2.75) is 39.0 Å². The summed E-state index contributed by atoms with van der Waals surface area (Å²) in [5.74, 6) is 0.198. The molecule has 1 saturated carbocycles. The van der Waals surface area contributed by atoms with E-state index in [0.29, 0.717) is 12.0 Å². The number of carbonyl (C=O) groups excluding carboxylic acids is 1. The number of nitrogens with one attached hydrogen (secondary N) is 2. The van der Waals surface area contributed by atoms with Gasteiger partial charge in [0.05, 0.1) is 6.54 Å². The van der Waals surface area contributed by atoms with Crippen LogP contribution < -0.4 is 10.6 Å². The first-order valence-corrected chi connectivity index (χ1v) is 7.38. The average Bonchev–Trinajstić information content (AvgIpc) is 2.39. The summed E-state index contributed by atoms with van der Waals surface area (Å²) >= 11 is 0. The van der Waals surface area contributed by atoms with E-state index in [-0.39, 0.29) is 5.91 Å². The Bertz CT molecular complexity index is 268. The second kappa shape index (κ2) is 6.53. The topological polar surface area (TPSA) is 44.4 Å². The zero-order valence-corrected chi connectivity index (χ0v) is 11.6. The molecule has 18 heavy (non-hydrogen) atoms. The number of piperazine rings is 1. The van der Waals surface area contributed by atoms with E-state index in [1.54, 1.807) is 0 Å². The van der Waals surface area contributed by atoms with E-state index in [1.807, 2.05) is 0 Å². The maximum absolute atomic E-state index is 11.9. The third-order valence-corrected chi connectivity index (χ3v) is 4.35. The fourth-order valence-electron chi connectivity index (χ4n) is 3.02. The van der Waals surface area contributed by atoms with E-state index in [1.165, 1.54) is 32.1 Å². The second-order valence-electron chi connectivity index (χ2n) is 6.17. The summed E-state index contributed by atoms with van der Waals surface area (Å²) in [5.41, 5.74) is 0.345. The Morgan fingerprint density at radius 2 is 1.89 bits per heavy atom. The Hall–Kier alpha value is -0.610. The number of hydrogen-bond acceptors (Lipinski definition) is 3. The van der Waals surface area contributed by atoms with Gasteiger partial charge in [-0.15, -0.1) is 0 Å². The first kappa shape index (κ1) is 13.8. The van der Waals surface area contributed by atoms with Crippen molar-refractivity contribution < 1.29 is 4.79 Å². The van der Waals surface area contributed by atoms with E-state index in [0.717, 1.165) is 32.7 Å². The molecule has 0 aromatic carbocycles. The van der Waals surface area contributed by atoms with Gasteiger partial charge >= 0.3 is 0 Å². The molecule has 104 valence electrons. The zero-order valence-electron chi connectivity index (χ0n) is 11.6. The largest absolute Gasteiger partial charge is 0.354 e. The van der Waals surface area contributed by atoms with Gasteiger partial charge in [0.2, 0.25) is 5.91 Å². The van der Waals surface area contributed by atoms with Crippen LogP contribution in [0.2, 0.25) is 0 Å². The van der Waals surface area contributed by atoms with Crippen LogP contribution in [0.5, 0.6) is 0 Å². The van der Waals surface area contributed by atoms with Crippen LogP contribution in [0, 0.1) is 5.41 Å². The summed E-state index contributed by atoms with van der Waals surface area (Å²) < 4.78 is 0. The van der Waals surface area contributed by atoms with Crippen LogP contribution in [0.25, 0.3) is 0 Å². The molecule has 2 N–H and O–H groups in total. The highest BCUT2D eigenvalue weighted by molar-refractivity contribution is 5.78. The number of carbonyl (C=O) groups is 1. The van der Waals surface area contributed by atoms with Gasteiger partial charge in [-0.25, -0.2) is 0 Å². The molecule has 2 aliphatic rings. The molecule has 0 atom stereocenters. The number of nitrogens with zero attached hydrogens (tertiary/aromatic N) is 1. The van der Waals surface area contributed by atoms with Gasteiger partial charge in [0.25, 0.3) is 0 Å². The lowest BCUT2D eigenvalue weighted by atomic mass is 9.76. The molecule has 4 heteroatoms. The minimum atomic E-state index is 0.198. The van der Waals surface area contributed by atoms with E-state index < -0.39 is 0 Å². The molecule has 4 nitrogen and oxygen atoms in total. The van der Waals surface area contributed by atoms with Crippen molar-refractivity contribution in [3.8, 4) is 0 Å². The highest BCUT2D eigenvalue weighted by Gasteiger charge is 2.27. The third-order valence-electron chi connectivity index (χ3n) is 4.35. The van der Waals surface area contributed by atoms with E-state index in [4.69, 9.17) is 0 Å². The molecule has 0 aromatic heterocycles. The SMILES string of the molecule is CC1(CNC(=O)CN2CCNCC2)CCCCC1. The zero-order chi connectivity index (χ0) is 12.8. The lowest BCUT2D eigenvalue weighted by molar-refractivity contribution is -0.123. The van der Waals surface area contributed by atoms with Crippen molar-refractivity contribution in [2.24, 2.45) is 5.41 Å². The molecule has 0 unspecified atom stereocenters. The van der Waals surface area contributed by atoms with Crippen molar-refractivity contribution in [3.05, 3.63) is 0 Å². The molecule has 1 saturated heterocycles. The first-order valence-electron chi connectivity index (χ1n) is 7.38. The summed E-state index contributed by atoms with van der Waals surface area (Å²) in [6.07, 6.45) is 6.54. The summed E-state index contributed by atoms with van der Waals surface area (Å²) in [7, 11) is 0. The van der Waals surface area contributed by atoms with Crippen LogP contribution in [0.15, 0.2) is 0 Å². The Labute approximate surface area is 110 Å². The van der Waals surface area contributed by atoms with Crippen LogP contribution in [0.3, 0.4) is 0 Å². The maximum Gasteiger partial charge on any atom is 0.234 e. The number of rotatable bonds is 4. The predicted molar refractivity (Wildman–Crippen MR) is 73.5 cm³/mol. The quantitative estimate of drug-likeness (QED) is 0.785. The minimum absolute atomic E-state index is 0.198. The van der Waals surface area contributed by atoms with Crippen LogP contribution in [-0.2, 0) is 4.79 Å². The summed E-state index contributed by atoms with van der Waals surface area (Å²) in [6, 6.07) is 0. The van der Waals surface area contributed by atoms with Gasteiger partial charge < -0.3 is 10.6 Å². The Morgan fingerprint density at radius 3 is 2.56 bits per heavy atom. The minimum Gasteiger partial charge on any atom is -0.354 e. The molecule has 0 radical (unpaired) electrons.